The molecule has 0 bridgehead atoms. The van der Waals surface area contributed by atoms with Crippen LogP contribution >= 0.6 is 0 Å². The maximum atomic E-state index is 11.4. The first kappa shape index (κ1) is 6.14. The van der Waals surface area contributed by atoms with E-state index in [-0.39, 0.29) is 0 Å². The number of rotatable bonds is 1. The van der Waals surface area contributed by atoms with E-state index in [9.17, 15) is 8.78 Å². The fourth-order valence-corrected chi connectivity index (χ4v) is 0.0842. The quantitative estimate of drug-likeness (QED) is 0.399. The van der Waals surface area contributed by atoms with Crippen molar-refractivity contribution in [3.8, 4) is 0 Å². The summed E-state index contributed by atoms with van der Waals surface area (Å²) in [5.74, 6) is -1.33. The lowest BCUT2D eigenvalue weighted by atomic mass is 10.6. The predicted molar refractivity (Wildman–Crippen MR) is 22.1 cm³/mol. The summed E-state index contributed by atoms with van der Waals surface area (Å²) in [7, 11) is 0. The molecule has 0 aliphatic carbocycles. The molecular formula is C4H4F2O. The standard InChI is InChI=1S/C4H4F2O/c1-2-3(5)4(6)7/h2,7H,1H2/b4-3-. The number of allylic oxidation sites excluding steroid dienone is 2. The lowest BCUT2D eigenvalue weighted by Gasteiger charge is -1.80. The van der Waals surface area contributed by atoms with Crippen LogP contribution in [-0.4, -0.2) is 5.11 Å². The van der Waals surface area contributed by atoms with Crippen LogP contribution in [0.2, 0.25) is 0 Å². The molecule has 0 aromatic rings. The summed E-state index contributed by atoms with van der Waals surface area (Å²) in [6.07, 6.45) is 0.579. The molecule has 0 saturated carbocycles. The van der Waals surface area contributed by atoms with Gasteiger partial charge in [-0.25, -0.2) is 4.39 Å². The van der Waals surface area contributed by atoms with E-state index in [0.29, 0.717) is 6.08 Å². The first-order chi connectivity index (χ1) is 3.18. The van der Waals surface area contributed by atoms with E-state index < -0.39 is 11.8 Å². The van der Waals surface area contributed by atoms with Crippen molar-refractivity contribution in [2.75, 3.05) is 0 Å². The van der Waals surface area contributed by atoms with E-state index in [1.165, 1.54) is 0 Å². The fourth-order valence-electron chi connectivity index (χ4n) is 0.0842. The molecule has 0 heterocycles. The third kappa shape index (κ3) is 1.92. The minimum atomic E-state index is -1.82. The first-order valence-electron chi connectivity index (χ1n) is 1.55. The van der Waals surface area contributed by atoms with Gasteiger partial charge in [0, 0.05) is 0 Å². The molecule has 0 aliphatic rings. The van der Waals surface area contributed by atoms with Crippen LogP contribution in [0.5, 0.6) is 0 Å². The van der Waals surface area contributed by atoms with Crippen LogP contribution in [0.15, 0.2) is 24.5 Å². The molecule has 0 spiro atoms. The lowest BCUT2D eigenvalue weighted by molar-refractivity contribution is 0.263. The van der Waals surface area contributed by atoms with E-state index in [0.717, 1.165) is 0 Å². The molecule has 0 amide bonds. The number of aliphatic hydroxyl groups excluding tert-OH is 1. The molecule has 3 heteroatoms. The molecule has 0 aromatic heterocycles. The molecule has 0 fully saturated rings. The molecule has 40 valence electrons. The molecule has 0 saturated heterocycles. The van der Waals surface area contributed by atoms with E-state index in [2.05, 4.69) is 6.58 Å². The first-order valence-corrected chi connectivity index (χ1v) is 1.55. The Kier molecular flexibility index (Phi) is 2.05. The highest BCUT2D eigenvalue weighted by molar-refractivity contribution is 5.06. The van der Waals surface area contributed by atoms with Gasteiger partial charge < -0.3 is 5.11 Å². The molecule has 0 aliphatic heterocycles. The second-order valence-corrected chi connectivity index (χ2v) is 0.843. The van der Waals surface area contributed by atoms with Gasteiger partial charge in [-0.15, -0.1) is 0 Å². The molecule has 0 aromatic carbocycles. The fraction of sp³-hybridized carbons (Fsp3) is 0. The van der Waals surface area contributed by atoms with E-state index in [1.807, 2.05) is 0 Å². The van der Waals surface area contributed by atoms with Crippen molar-refractivity contribution in [2.45, 2.75) is 0 Å². The summed E-state index contributed by atoms with van der Waals surface area (Å²) >= 11 is 0. The molecule has 0 unspecified atom stereocenters. The molecule has 0 radical (unpaired) electrons. The third-order valence-electron chi connectivity index (χ3n) is 0.376. The van der Waals surface area contributed by atoms with Crippen LogP contribution < -0.4 is 0 Å². The maximum Gasteiger partial charge on any atom is 0.306 e. The van der Waals surface area contributed by atoms with E-state index in [1.54, 1.807) is 0 Å². The van der Waals surface area contributed by atoms with Crippen LogP contribution in [0, 0.1) is 0 Å². The molecule has 1 nitrogen and oxygen atoms in total. The number of halogens is 2. The smallest absolute Gasteiger partial charge is 0.306 e. The van der Waals surface area contributed by atoms with Gasteiger partial charge in [-0.05, 0) is 6.08 Å². The Hall–Kier alpha value is -0.860. The summed E-state index contributed by atoms with van der Waals surface area (Å²) in [6.45, 7) is 2.85. The summed E-state index contributed by atoms with van der Waals surface area (Å²) in [5, 5.41) is 7.59. The highest BCUT2D eigenvalue weighted by Crippen LogP contribution is 2.03. The molecule has 7 heavy (non-hydrogen) atoms. The van der Waals surface area contributed by atoms with Gasteiger partial charge in [-0.3, -0.25) is 0 Å². The Morgan fingerprint density at radius 2 is 2.00 bits per heavy atom. The van der Waals surface area contributed by atoms with Gasteiger partial charge in [0.15, 0.2) is 5.83 Å². The Morgan fingerprint density at radius 1 is 1.57 bits per heavy atom. The van der Waals surface area contributed by atoms with Crippen molar-refractivity contribution in [1.29, 1.82) is 0 Å². The van der Waals surface area contributed by atoms with Crippen LogP contribution in [0.1, 0.15) is 0 Å². The number of hydrogen-bond donors (Lipinski definition) is 1. The van der Waals surface area contributed by atoms with Gasteiger partial charge in [0.05, 0.1) is 0 Å². The number of aliphatic hydroxyl groups is 1. The summed E-state index contributed by atoms with van der Waals surface area (Å²) < 4.78 is 22.5. The monoisotopic (exact) mass is 106 g/mol. The van der Waals surface area contributed by atoms with Gasteiger partial charge >= 0.3 is 6.01 Å². The SMILES string of the molecule is C=C/C(F)=C(/O)F. The highest BCUT2D eigenvalue weighted by Gasteiger charge is 1.93. The van der Waals surface area contributed by atoms with Crippen LogP contribution in [-0.2, 0) is 0 Å². The zero-order valence-electron chi connectivity index (χ0n) is 3.49. The van der Waals surface area contributed by atoms with Crippen LogP contribution in [0.25, 0.3) is 0 Å². The van der Waals surface area contributed by atoms with Crippen molar-refractivity contribution in [1.82, 2.24) is 0 Å². The summed E-state index contributed by atoms with van der Waals surface area (Å²) in [6, 6.07) is -1.82. The van der Waals surface area contributed by atoms with Crippen molar-refractivity contribution in [3.05, 3.63) is 24.5 Å². The van der Waals surface area contributed by atoms with Gasteiger partial charge in [0.2, 0.25) is 0 Å². The van der Waals surface area contributed by atoms with E-state index in [4.69, 9.17) is 5.11 Å². The zero-order chi connectivity index (χ0) is 5.86. The zero-order valence-corrected chi connectivity index (χ0v) is 3.49. The Bertz CT molecular complexity index is 102. The van der Waals surface area contributed by atoms with Crippen molar-refractivity contribution < 1.29 is 13.9 Å². The van der Waals surface area contributed by atoms with Crippen molar-refractivity contribution in [2.24, 2.45) is 0 Å². The average molecular weight is 106 g/mol. The van der Waals surface area contributed by atoms with Crippen molar-refractivity contribution in [3.63, 3.8) is 0 Å². The normalized spacial score (nSPS) is 12.9. The van der Waals surface area contributed by atoms with Gasteiger partial charge in [-0.1, -0.05) is 6.58 Å². The van der Waals surface area contributed by atoms with Crippen LogP contribution in [0.3, 0.4) is 0 Å². The summed E-state index contributed by atoms with van der Waals surface area (Å²) in [5.41, 5.74) is 0. The Morgan fingerprint density at radius 3 is 2.00 bits per heavy atom. The summed E-state index contributed by atoms with van der Waals surface area (Å²) in [4.78, 5) is 0. The van der Waals surface area contributed by atoms with Gasteiger partial charge in [-0.2, -0.15) is 4.39 Å². The largest absolute Gasteiger partial charge is 0.484 e. The molecule has 0 rings (SSSR count). The van der Waals surface area contributed by atoms with Gasteiger partial charge in [0.1, 0.15) is 0 Å². The lowest BCUT2D eigenvalue weighted by Crippen LogP contribution is -1.70. The van der Waals surface area contributed by atoms with Crippen LogP contribution in [0.4, 0.5) is 8.78 Å². The average Bonchev–Trinajstić information content (AvgIpc) is 1.65. The second kappa shape index (κ2) is 2.34. The minimum Gasteiger partial charge on any atom is -0.484 e. The molecule has 0 atom stereocenters. The van der Waals surface area contributed by atoms with Crippen molar-refractivity contribution >= 4 is 0 Å². The predicted octanol–water partition coefficient (Wildman–Crippen LogP) is 1.84. The minimum absolute atomic E-state index is 0.579. The van der Waals surface area contributed by atoms with E-state index >= 15 is 0 Å². The Balaban J connectivity index is 3.98. The topological polar surface area (TPSA) is 20.2 Å². The maximum absolute atomic E-state index is 11.4. The Labute approximate surface area is 39.6 Å². The molecular weight excluding hydrogens is 102 g/mol. The number of hydrogen-bond acceptors (Lipinski definition) is 1. The highest BCUT2D eigenvalue weighted by atomic mass is 19.2. The third-order valence-corrected chi connectivity index (χ3v) is 0.376. The van der Waals surface area contributed by atoms with Gasteiger partial charge in [0.25, 0.3) is 0 Å². The molecule has 1 N–H and O–H groups in total. The second-order valence-electron chi connectivity index (χ2n) is 0.843.